The van der Waals surface area contributed by atoms with Crippen LogP contribution in [0.2, 0.25) is 0 Å². The average Bonchev–Trinajstić information content (AvgIpc) is 2.98. The van der Waals surface area contributed by atoms with Gasteiger partial charge in [-0.05, 0) is 35.8 Å². The lowest BCUT2D eigenvalue weighted by Gasteiger charge is -2.35. The number of tetrazole rings is 1. The highest BCUT2D eigenvalue weighted by Gasteiger charge is 2.39. The zero-order chi connectivity index (χ0) is 14.5. The van der Waals surface area contributed by atoms with Crippen LogP contribution in [0.25, 0.3) is 0 Å². The third kappa shape index (κ3) is 2.97. The van der Waals surface area contributed by atoms with Gasteiger partial charge in [0, 0.05) is 6.61 Å². The summed E-state index contributed by atoms with van der Waals surface area (Å²) >= 11 is 0. The molecule has 0 saturated heterocycles. The van der Waals surface area contributed by atoms with Crippen molar-refractivity contribution in [1.82, 2.24) is 20.2 Å². The smallest absolute Gasteiger partial charge is 0.183 e. The number of nitrogens with zero attached hydrogens (tertiary/aromatic N) is 4. The maximum absolute atomic E-state index is 6.13. The molecule has 3 rings (SSSR count). The highest BCUT2D eigenvalue weighted by molar-refractivity contribution is 5.15. The van der Waals surface area contributed by atoms with Crippen molar-refractivity contribution in [1.29, 1.82) is 0 Å². The summed E-state index contributed by atoms with van der Waals surface area (Å²) in [5.41, 5.74) is 0.902. The van der Waals surface area contributed by atoms with Crippen LogP contribution >= 0.6 is 0 Å². The second-order valence-corrected chi connectivity index (χ2v) is 5.63. The van der Waals surface area contributed by atoms with Crippen molar-refractivity contribution < 1.29 is 4.74 Å². The number of hydrogen-bond donors (Lipinski definition) is 0. The summed E-state index contributed by atoms with van der Waals surface area (Å²) in [7, 11) is 0. The van der Waals surface area contributed by atoms with E-state index in [0.717, 1.165) is 18.7 Å². The van der Waals surface area contributed by atoms with E-state index in [9.17, 15) is 0 Å². The molecule has 1 aromatic heterocycles. The highest BCUT2D eigenvalue weighted by Crippen LogP contribution is 2.39. The Morgan fingerprint density at radius 3 is 2.62 bits per heavy atom. The summed E-state index contributed by atoms with van der Waals surface area (Å²) in [6.07, 6.45) is 5.65. The Morgan fingerprint density at radius 2 is 1.90 bits per heavy atom. The molecule has 1 aliphatic rings. The number of ether oxygens (including phenoxy) is 1. The van der Waals surface area contributed by atoms with Gasteiger partial charge in [0.05, 0.1) is 6.54 Å². The van der Waals surface area contributed by atoms with E-state index in [1.165, 1.54) is 24.8 Å². The molecule has 0 unspecified atom stereocenters. The van der Waals surface area contributed by atoms with E-state index in [1.54, 1.807) is 0 Å². The zero-order valence-corrected chi connectivity index (χ0v) is 12.5. The van der Waals surface area contributed by atoms with Gasteiger partial charge in [0.2, 0.25) is 0 Å². The van der Waals surface area contributed by atoms with Crippen LogP contribution in [0.5, 0.6) is 0 Å². The van der Waals surface area contributed by atoms with Crippen LogP contribution in [0.4, 0.5) is 0 Å². The number of benzene rings is 1. The molecule has 112 valence electrons. The predicted molar refractivity (Wildman–Crippen MR) is 79.8 cm³/mol. The first-order chi connectivity index (χ1) is 10.3. The van der Waals surface area contributed by atoms with Gasteiger partial charge in [0.1, 0.15) is 5.60 Å². The highest BCUT2D eigenvalue weighted by atomic mass is 16.5. The second-order valence-electron chi connectivity index (χ2n) is 5.63. The van der Waals surface area contributed by atoms with Crippen molar-refractivity contribution in [2.24, 2.45) is 0 Å². The lowest BCUT2D eigenvalue weighted by molar-refractivity contribution is -0.0793. The van der Waals surface area contributed by atoms with Crippen LogP contribution < -0.4 is 0 Å². The van der Waals surface area contributed by atoms with Gasteiger partial charge >= 0.3 is 0 Å². The van der Waals surface area contributed by atoms with Gasteiger partial charge in [-0.15, -0.1) is 5.10 Å². The van der Waals surface area contributed by atoms with Crippen molar-refractivity contribution in [3.63, 3.8) is 0 Å². The minimum Gasteiger partial charge on any atom is -0.367 e. The molecule has 0 amide bonds. The molecule has 1 heterocycles. The third-order valence-electron chi connectivity index (χ3n) is 4.20. The quantitative estimate of drug-likeness (QED) is 0.848. The van der Waals surface area contributed by atoms with Crippen LogP contribution in [0.3, 0.4) is 0 Å². The largest absolute Gasteiger partial charge is 0.367 e. The average molecular weight is 286 g/mol. The van der Waals surface area contributed by atoms with E-state index in [4.69, 9.17) is 4.74 Å². The monoisotopic (exact) mass is 286 g/mol. The molecule has 0 N–H and O–H groups in total. The first-order valence-corrected chi connectivity index (χ1v) is 7.78. The maximum atomic E-state index is 6.13. The van der Waals surface area contributed by atoms with Gasteiger partial charge in [-0.2, -0.15) is 0 Å². The summed E-state index contributed by atoms with van der Waals surface area (Å²) in [5.74, 6) is 0.882. The standard InChI is InChI=1S/C16H22N4O/c1-2-21-16(11-7-4-8-12-16)15-17-18-19-20(15)13-14-9-5-3-6-10-14/h3,5-6,9-10H,2,4,7-8,11-13H2,1H3. The van der Waals surface area contributed by atoms with E-state index < -0.39 is 0 Å². The first-order valence-electron chi connectivity index (χ1n) is 7.78. The van der Waals surface area contributed by atoms with Crippen LogP contribution in [0.15, 0.2) is 30.3 Å². The van der Waals surface area contributed by atoms with Crippen molar-refractivity contribution in [3.05, 3.63) is 41.7 Å². The van der Waals surface area contributed by atoms with Gasteiger partial charge in [-0.1, -0.05) is 49.6 Å². The van der Waals surface area contributed by atoms with Crippen molar-refractivity contribution in [2.45, 2.75) is 51.2 Å². The minimum atomic E-state index is -0.300. The van der Waals surface area contributed by atoms with Crippen LogP contribution in [0.1, 0.15) is 50.4 Å². The number of aromatic nitrogens is 4. The molecule has 1 aromatic carbocycles. The fraction of sp³-hybridized carbons (Fsp3) is 0.562. The summed E-state index contributed by atoms with van der Waals surface area (Å²) in [6, 6.07) is 10.3. The Morgan fingerprint density at radius 1 is 1.14 bits per heavy atom. The van der Waals surface area contributed by atoms with Crippen molar-refractivity contribution in [3.8, 4) is 0 Å². The molecule has 0 radical (unpaired) electrons. The maximum Gasteiger partial charge on any atom is 0.183 e. The normalized spacial score (nSPS) is 17.8. The van der Waals surface area contributed by atoms with E-state index >= 15 is 0 Å². The SMILES string of the molecule is CCOC1(c2nnnn2Cc2ccccc2)CCCCC1. The molecule has 1 fully saturated rings. The summed E-state index contributed by atoms with van der Waals surface area (Å²) in [4.78, 5) is 0. The molecule has 1 saturated carbocycles. The van der Waals surface area contributed by atoms with Gasteiger partial charge < -0.3 is 4.74 Å². The third-order valence-corrected chi connectivity index (χ3v) is 4.20. The van der Waals surface area contributed by atoms with E-state index in [2.05, 4.69) is 27.7 Å². The zero-order valence-electron chi connectivity index (χ0n) is 12.5. The Labute approximate surface area is 125 Å². The van der Waals surface area contributed by atoms with Crippen LogP contribution in [-0.4, -0.2) is 26.8 Å². The summed E-state index contributed by atoms with van der Waals surface area (Å²) < 4.78 is 8.03. The van der Waals surface area contributed by atoms with E-state index in [1.807, 2.05) is 29.8 Å². The van der Waals surface area contributed by atoms with Gasteiger partial charge in [-0.25, -0.2) is 4.68 Å². The van der Waals surface area contributed by atoms with Crippen LogP contribution in [-0.2, 0) is 16.9 Å². The van der Waals surface area contributed by atoms with Gasteiger partial charge in [-0.3, -0.25) is 0 Å². The number of hydrogen-bond acceptors (Lipinski definition) is 4. The van der Waals surface area contributed by atoms with Crippen LogP contribution in [0, 0.1) is 0 Å². The molecule has 1 aliphatic carbocycles. The van der Waals surface area contributed by atoms with Crippen molar-refractivity contribution in [2.75, 3.05) is 6.61 Å². The minimum absolute atomic E-state index is 0.300. The molecule has 5 heteroatoms. The topological polar surface area (TPSA) is 52.8 Å². The second kappa shape index (κ2) is 6.35. The molecule has 0 bridgehead atoms. The summed E-state index contributed by atoms with van der Waals surface area (Å²) in [6.45, 7) is 3.43. The fourth-order valence-corrected chi connectivity index (χ4v) is 3.23. The molecular weight excluding hydrogens is 264 g/mol. The molecule has 2 aromatic rings. The Bertz CT molecular complexity index is 555. The molecular formula is C16H22N4O. The lowest BCUT2D eigenvalue weighted by Crippen LogP contribution is -2.36. The molecule has 21 heavy (non-hydrogen) atoms. The Kier molecular flexibility index (Phi) is 4.29. The fourth-order valence-electron chi connectivity index (χ4n) is 3.23. The number of rotatable bonds is 5. The molecule has 0 atom stereocenters. The summed E-state index contributed by atoms with van der Waals surface area (Å²) in [5, 5.41) is 12.4. The van der Waals surface area contributed by atoms with Crippen molar-refractivity contribution >= 4 is 0 Å². The van der Waals surface area contributed by atoms with E-state index in [0.29, 0.717) is 13.2 Å². The Balaban J connectivity index is 1.89. The molecule has 0 spiro atoms. The Hall–Kier alpha value is -1.75. The predicted octanol–water partition coefficient (Wildman–Crippen LogP) is 2.92. The van der Waals surface area contributed by atoms with E-state index in [-0.39, 0.29) is 5.60 Å². The van der Waals surface area contributed by atoms with Gasteiger partial charge in [0.25, 0.3) is 0 Å². The first kappa shape index (κ1) is 14.2. The van der Waals surface area contributed by atoms with Gasteiger partial charge in [0.15, 0.2) is 5.82 Å². The molecule has 0 aliphatic heterocycles. The lowest BCUT2D eigenvalue weighted by atomic mass is 9.84. The molecule has 5 nitrogen and oxygen atoms in total.